The Labute approximate surface area is 213 Å². The Balaban J connectivity index is 1.92. The van der Waals surface area contributed by atoms with Crippen LogP contribution >= 0.6 is 43.5 Å². The molecular formula is C23H22Br2ClN3O4. The highest BCUT2D eigenvalue weighted by molar-refractivity contribution is 9.10. The topological polar surface area (TPSA) is 82.8 Å². The number of halogens is 3. The third-order valence-corrected chi connectivity index (χ3v) is 5.76. The molecule has 0 bridgehead atoms. The van der Waals surface area contributed by atoms with Crippen LogP contribution in [0.25, 0.3) is 10.9 Å². The molecule has 0 atom stereocenters. The number of nitrogens with zero attached hydrogens (tertiary/aromatic N) is 3. The number of ether oxygens (including phenoxy) is 2. The van der Waals surface area contributed by atoms with Gasteiger partial charge in [-0.1, -0.05) is 34.5 Å². The van der Waals surface area contributed by atoms with E-state index in [1.807, 2.05) is 13.0 Å². The molecule has 0 amide bonds. The smallest absolute Gasteiger partial charge is 0.344 e. The summed E-state index contributed by atoms with van der Waals surface area (Å²) >= 11 is 13.2. The molecule has 2 aromatic carbocycles. The Hall–Kier alpha value is -2.23. The molecule has 0 fully saturated rings. The number of aryl methyl sites for hydroxylation is 1. The molecule has 1 heterocycles. The lowest BCUT2D eigenvalue weighted by Gasteiger charge is -2.12. The summed E-state index contributed by atoms with van der Waals surface area (Å²) in [6.45, 7) is 5.27. The van der Waals surface area contributed by atoms with Crippen LogP contribution in [0.3, 0.4) is 0 Å². The molecule has 0 aliphatic carbocycles. The molecule has 0 unspecified atom stereocenters. The molecule has 0 aliphatic rings. The van der Waals surface area contributed by atoms with Gasteiger partial charge in [0.2, 0.25) is 0 Å². The van der Waals surface area contributed by atoms with Crippen molar-refractivity contribution in [3.8, 4) is 5.75 Å². The maximum absolute atomic E-state index is 13.1. The average molecular weight is 600 g/mol. The SMILES string of the molecule is CCCc1nc2ccc(Br)cc2c(=O)n1N=Cc1cc(Cl)c(OCC(=O)OC(C)C)c(Br)c1. The first-order chi connectivity index (χ1) is 15.7. The van der Waals surface area contributed by atoms with Crippen molar-refractivity contribution in [1.82, 2.24) is 9.66 Å². The van der Waals surface area contributed by atoms with Crippen molar-refractivity contribution >= 4 is 66.5 Å². The van der Waals surface area contributed by atoms with E-state index in [1.54, 1.807) is 38.1 Å². The summed E-state index contributed by atoms with van der Waals surface area (Å²) in [4.78, 5) is 29.5. The predicted octanol–water partition coefficient (Wildman–Crippen LogP) is 5.74. The Kier molecular flexibility index (Phi) is 8.67. The van der Waals surface area contributed by atoms with Crippen LogP contribution in [0.15, 0.2) is 49.2 Å². The summed E-state index contributed by atoms with van der Waals surface area (Å²) in [5.41, 5.74) is 1.00. The minimum atomic E-state index is -0.489. The van der Waals surface area contributed by atoms with Crippen molar-refractivity contribution in [1.29, 1.82) is 0 Å². The van der Waals surface area contributed by atoms with Gasteiger partial charge in [0.15, 0.2) is 12.4 Å². The van der Waals surface area contributed by atoms with Crippen LogP contribution in [-0.2, 0) is 16.0 Å². The fourth-order valence-corrected chi connectivity index (χ4v) is 4.39. The quantitative estimate of drug-likeness (QED) is 0.244. The van der Waals surface area contributed by atoms with Gasteiger partial charge in [-0.3, -0.25) is 4.79 Å². The van der Waals surface area contributed by atoms with Gasteiger partial charge in [-0.05, 0) is 72.1 Å². The van der Waals surface area contributed by atoms with Crippen molar-refractivity contribution in [3.63, 3.8) is 0 Å². The van der Waals surface area contributed by atoms with E-state index in [2.05, 4.69) is 41.9 Å². The van der Waals surface area contributed by atoms with Gasteiger partial charge >= 0.3 is 5.97 Å². The standard InChI is InChI=1S/C23H22Br2ClN3O4/c1-4-5-20-28-19-7-6-15(24)10-16(19)23(31)29(20)27-11-14-8-17(25)22(18(26)9-14)32-12-21(30)33-13(2)3/h6-11,13H,4-5,12H2,1-3H3. The summed E-state index contributed by atoms with van der Waals surface area (Å²) in [5, 5.41) is 5.15. The number of carbonyl (C=O) groups excluding carboxylic acids is 1. The minimum Gasteiger partial charge on any atom is -0.479 e. The monoisotopic (exact) mass is 597 g/mol. The first-order valence-corrected chi connectivity index (χ1v) is 12.2. The van der Waals surface area contributed by atoms with E-state index in [0.717, 1.165) is 10.9 Å². The molecule has 0 saturated carbocycles. The fourth-order valence-electron chi connectivity index (χ4n) is 3.04. The van der Waals surface area contributed by atoms with Gasteiger partial charge in [-0.2, -0.15) is 9.78 Å². The first kappa shape index (κ1) is 25.4. The van der Waals surface area contributed by atoms with Gasteiger partial charge in [0.25, 0.3) is 5.56 Å². The average Bonchev–Trinajstić information content (AvgIpc) is 2.73. The molecule has 1 aromatic heterocycles. The fraction of sp³-hybridized carbons (Fsp3) is 0.304. The Morgan fingerprint density at radius 2 is 2.03 bits per heavy atom. The van der Waals surface area contributed by atoms with Gasteiger partial charge in [0.05, 0.1) is 32.7 Å². The molecule has 0 radical (unpaired) electrons. The van der Waals surface area contributed by atoms with E-state index in [-0.39, 0.29) is 23.3 Å². The Bertz CT molecular complexity index is 1250. The van der Waals surface area contributed by atoms with Crippen LogP contribution in [0.5, 0.6) is 5.75 Å². The van der Waals surface area contributed by atoms with Crippen LogP contribution in [0.1, 0.15) is 38.6 Å². The number of rotatable bonds is 8. The summed E-state index contributed by atoms with van der Waals surface area (Å²) in [6, 6.07) is 8.75. The third-order valence-electron chi connectivity index (χ3n) is 4.39. The van der Waals surface area contributed by atoms with Gasteiger partial charge in [-0.15, -0.1) is 0 Å². The number of esters is 1. The van der Waals surface area contributed by atoms with E-state index >= 15 is 0 Å². The number of carbonyl (C=O) groups is 1. The van der Waals surface area contributed by atoms with Crippen LogP contribution < -0.4 is 10.3 Å². The number of benzene rings is 2. The van der Waals surface area contributed by atoms with E-state index in [0.29, 0.717) is 38.9 Å². The molecule has 174 valence electrons. The first-order valence-electron chi connectivity index (χ1n) is 10.3. The highest BCUT2D eigenvalue weighted by Gasteiger charge is 2.14. The zero-order valence-corrected chi connectivity index (χ0v) is 22.2. The van der Waals surface area contributed by atoms with Crippen molar-refractivity contribution < 1.29 is 14.3 Å². The number of aromatic nitrogens is 2. The molecule has 0 spiro atoms. The molecular weight excluding hydrogens is 578 g/mol. The second kappa shape index (κ2) is 11.3. The Morgan fingerprint density at radius 1 is 1.27 bits per heavy atom. The van der Waals surface area contributed by atoms with Gasteiger partial charge in [0.1, 0.15) is 5.82 Å². The lowest BCUT2D eigenvalue weighted by atomic mass is 10.2. The van der Waals surface area contributed by atoms with E-state index in [4.69, 9.17) is 21.1 Å². The molecule has 0 aliphatic heterocycles. The van der Waals surface area contributed by atoms with Crippen LogP contribution in [0.4, 0.5) is 0 Å². The van der Waals surface area contributed by atoms with Crippen molar-refractivity contribution in [3.05, 3.63) is 66.0 Å². The number of fused-ring (bicyclic) bond motifs is 1. The van der Waals surface area contributed by atoms with Gasteiger partial charge in [-0.25, -0.2) is 9.78 Å². The highest BCUT2D eigenvalue weighted by Crippen LogP contribution is 2.34. The maximum Gasteiger partial charge on any atom is 0.344 e. The maximum atomic E-state index is 13.1. The van der Waals surface area contributed by atoms with Crippen LogP contribution in [0, 0.1) is 0 Å². The van der Waals surface area contributed by atoms with Crippen LogP contribution in [0.2, 0.25) is 5.02 Å². The molecule has 3 rings (SSSR count). The van der Waals surface area contributed by atoms with E-state index < -0.39 is 5.97 Å². The molecule has 0 saturated heterocycles. The second-order valence-corrected chi connectivity index (χ2v) is 9.62. The highest BCUT2D eigenvalue weighted by atomic mass is 79.9. The number of hydrogen-bond acceptors (Lipinski definition) is 6. The molecule has 3 aromatic rings. The summed E-state index contributed by atoms with van der Waals surface area (Å²) in [5.74, 6) is 0.398. The third kappa shape index (κ3) is 6.43. The van der Waals surface area contributed by atoms with E-state index in [1.165, 1.54) is 10.9 Å². The summed E-state index contributed by atoms with van der Waals surface area (Å²) in [6.07, 6.45) is 2.71. The zero-order valence-electron chi connectivity index (χ0n) is 18.3. The number of hydrogen-bond donors (Lipinski definition) is 0. The summed E-state index contributed by atoms with van der Waals surface area (Å²) < 4.78 is 13.2. The van der Waals surface area contributed by atoms with E-state index in [9.17, 15) is 9.59 Å². The van der Waals surface area contributed by atoms with Crippen molar-refractivity contribution in [2.75, 3.05) is 6.61 Å². The minimum absolute atomic E-state index is 0.231. The largest absolute Gasteiger partial charge is 0.479 e. The molecule has 7 nitrogen and oxygen atoms in total. The van der Waals surface area contributed by atoms with Crippen molar-refractivity contribution in [2.45, 2.75) is 39.7 Å². The van der Waals surface area contributed by atoms with Crippen LogP contribution in [-0.4, -0.2) is 34.6 Å². The predicted molar refractivity (Wildman–Crippen MR) is 137 cm³/mol. The lowest BCUT2D eigenvalue weighted by Crippen LogP contribution is -2.22. The van der Waals surface area contributed by atoms with Gasteiger partial charge < -0.3 is 9.47 Å². The summed E-state index contributed by atoms with van der Waals surface area (Å²) in [7, 11) is 0. The zero-order chi connectivity index (χ0) is 24.1. The molecule has 10 heteroatoms. The molecule has 33 heavy (non-hydrogen) atoms. The lowest BCUT2D eigenvalue weighted by molar-refractivity contribution is -0.149. The van der Waals surface area contributed by atoms with Gasteiger partial charge in [0, 0.05) is 10.9 Å². The Morgan fingerprint density at radius 3 is 2.70 bits per heavy atom. The molecule has 0 N–H and O–H groups in total. The normalized spacial score (nSPS) is 11.5. The second-order valence-electron chi connectivity index (χ2n) is 7.44. The van der Waals surface area contributed by atoms with Crippen molar-refractivity contribution in [2.24, 2.45) is 5.10 Å².